The predicted octanol–water partition coefficient (Wildman–Crippen LogP) is 2.93. The number of hydrogen-bond donors (Lipinski definition) is 0. The molecule has 0 amide bonds. The van der Waals surface area contributed by atoms with E-state index in [0.717, 1.165) is 20.2 Å². The van der Waals surface area contributed by atoms with Crippen molar-refractivity contribution in [3.8, 4) is 11.4 Å². The molecule has 0 saturated carbocycles. The van der Waals surface area contributed by atoms with Gasteiger partial charge >= 0.3 is 0 Å². The molecular weight excluding hydrogens is 276 g/mol. The summed E-state index contributed by atoms with van der Waals surface area (Å²) in [7, 11) is 0. The molecule has 0 saturated heterocycles. The Hall–Kier alpha value is -3.14. The van der Waals surface area contributed by atoms with Crippen LogP contribution in [0.15, 0.2) is 72.8 Å². The summed E-state index contributed by atoms with van der Waals surface area (Å²) in [6.45, 7) is 0. The highest BCUT2D eigenvalue weighted by molar-refractivity contribution is 5.79. The van der Waals surface area contributed by atoms with E-state index in [1.165, 1.54) is 0 Å². The van der Waals surface area contributed by atoms with Crippen molar-refractivity contribution in [3.63, 3.8) is 0 Å². The average Bonchev–Trinajstić information content (AvgIpc) is 2.57. The molecule has 0 unspecified atom stereocenters. The molecule has 0 fully saturated rings. The molecule has 0 aliphatic heterocycles. The lowest BCUT2D eigenvalue weighted by Crippen LogP contribution is -2.37. The molecule has 2 aromatic carbocycles. The van der Waals surface area contributed by atoms with E-state index in [1.807, 2.05) is 48.5 Å². The van der Waals surface area contributed by atoms with Crippen molar-refractivity contribution >= 4 is 21.8 Å². The molecule has 0 N–H and O–H groups in total. The van der Waals surface area contributed by atoms with Gasteiger partial charge in [0.2, 0.25) is 11.0 Å². The highest BCUT2D eigenvalue weighted by atomic mass is 16.5. The summed E-state index contributed by atoms with van der Waals surface area (Å²) in [5.74, 6) is 0. The monoisotopic (exact) mass is 288 g/mol. The van der Waals surface area contributed by atoms with Crippen LogP contribution in [0, 0.1) is 10.4 Å². The van der Waals surface area contributed by atoms with Gasteiger partial charge in [0.05, 0.1) is 0 Å². The Bertz CT molecular complexity index is 929. The first kappa shape index (κ1) is 12.6. The van der Waals surface area contributed by atoms with Gasteiger partial charge in [-0.3, -0.25) is 0 Å². The van der Waals surface area contributed by atoms with Gasteiger partial charge in [-0.1, -0.05) is 24.3 Å². The third kappa shape index (κ3) is 1.78. The second-order valence-corrected chi connectivity index (χ2v) is 5.14. The van der Waals surface area contributed by atoms with Crippen molar-refractivity contribution in [2.24, 2.45) is 0 Å². The summed E-state index contributed by atoms with van der Waals surface area (Å²) in [5.41, 5.74) is 1.79. The number of pyridine rings is 2. The largest absolute Gasteiger partial charge is 0.618 e. The van der Waals surface area contributed by atoms with Crippen LogP contribution in [0.1, 0.15) is 0 Å². The van der Waals surface area contributed by atoms with Crippen molar-refractivity contribution in [1.82, 2.24) is 0 Å². The molecule has 2 aromatic heterocycles. The Kier molecular flexibility index (Phi) is 2.69. The fourth-order valence-electron chi connectivity index (χ4n) is 2.74. The smallest absolute Gasteiger partial charge is 0.290 e. The maximum Gasteiger partial charge on any atom is 0.290 e. The molecule has 0 aliphatic rings. The Morgan fingerprint density at radius 2 is 0.909 bits per heavy atom. The van der Waals surface area contributed by atoms with E-state index in [9.17, 15) is 10.4 Å². The summed E-state index contributed by atoms with van der Waals surface area (Å²) in [6, 6.07) is 21.7. The van der Waals surface area contributed by atoms with Crippen molar-refractivity contribution in [2.75, 3.05) is 0 Å². The number of benzene rings is 2. The van der Waals surface area contributed by atoms with E-state index in [4.69, 9.17) is 0 Å². The number of nitrogens with zero attached hydrogens (tertiary/aromatic N) is 2. The number of aromatic nitrogens is 2. The third-order valence-corrected chi connectivity index (χ3v) is 3.85. The fraction of sp³-hybridized carbons (Fsp3) is 0. The van der Waals surface area contributed by atoms with Gasteiger partial charge in [-0.15, -0.1) is 0 Å². The Labute approximate surface area is 126 Å². The van der Waals surface area contributed by atoms with Gasteiger partial charge in [-0.2, -0.15) is 9.46 Å². The highest BCUT2D eigenvalue weighted by Gasteiger charge is 2.21. The summed E-state index contributed by atoms with van der Waals surface area (Å²) in [6.07, 6.45) is 0. The van der Waals surface area contributed by atoms with Gasteiger partial charge in [0.25, 0.3) is 11.4 Å². The van der Waals surface area contributed by atoms with Crippen LogP contribution in [0.2, 0.25) is 0 Å². The summed E-state index contributed by atoms with van der Waals surface area (Å²) in [4.78, 5) is 0. The molecule has 0 atom stereocenters. The van der Waals surface area contributed by atoms with Gasteiger partial charge in [-0.05, 0) is 24.3 Å². The average molecular weight is 288 g/mol. The molecule has 4 heteroatoms. The molecule has 4 aromatic rings. The molecule has 0 aliphatic carbocycles. The molecule has 0 spiro atoms. The number of para-hydroxylation sites is 2. The van der Waals surface area contributed by atoms with Crippen LogP contribution < -0.4 is 9.46 Å². The summed E-state index contributed by atoms with van der Waals surface area (Å²) in [5, 5.41) is 26.9. The minimum absolute atomic E-state index is 0.347. The van der Waals surface area contributed by atoms with Crippen molar-refractivity contribution in [1.29, 1.82) is 0 Å². The zero-order chi connectivity index (χ0) is 15.1. The maximum absolute atomic E-state index is 12.6. The normalized spacial score (nSPS) is 11.1. The quantitative estimate of drug-likeness (QED) is 0.399. The molecule has 0 bridgehead atoms. The number of rotatable bonds is 1. The first-order valence-corrected chi connectivity index (χ1v) is 6.99. The molecular formula is C18H12N2O2. The first-order chi connectivity index (χ1) is 10.8. The SMILES string of the molecule is [O-][n+]1c(-c2ccc3ccccc3[n+]2[O-])ccc2ccccc21. The number of fused-ring (bicyclic) bond motifs is 2. The van der Waals surface area contributed by atoms with Crippen LogP contribution in [0.4, 0.5) is 0 Å². The van der Waals surface area contributed by atoms with Gasteiger partial charge in [0.1, 0.15) is 0 Å². The Morgan fingerprint density at radius 3 is 1.36 bits per heavy atom. The third-order valence-electron chi connectivity index (χ3n) is 3.85. The van der Waals surface area contributed by atoms with Crippen molar-refractivity contribution in [3.05, 3.63) is 83.2 Å². The predicted molar refractivity (Wildman–Crippen MR) is 84.8 cm³/mol. The highest BCUT2D eigenvalue weighted by Crippen LogP contribution is 2.19. The van der Waals surface area contributed by atoms with Crippen molar-refractivity contribution < 1.29 is 9.46 Å². The summed E-state index contributed by atoms with van der Waals surface area (Å²) >= 11 is 0. The topological polar surface area (TPSA) is 53.9 Å². The van der Waals surface area contributed by atoms with E-state index >= 15 is 0 Å². The molecule has 0 radical (unpaired) electrons. The second-order valence-electron chi connectivity index (χ2n) is 5.14. The minimum Gasteiger partial charge on any atom is -0.618 e. The molecule has 106 valence electrons. The molecule has 4 nitrogen and oxygen atoms in total. The zero-order valence-corrected chi connectivity index (χ0v) is 11.6. The minimum atomic E-state index is 0.347. The lowest BCUT2D eigenvalue weighted by Gasteiger charge is -2.09. The first-order valence-electron chi connectivity index (χ1n) is 6.99. The van der Waals surface area contributed by atoms with E-state index in [1.54, 1.807) is 24.3 Å². The van der Waals surface area contributed by atoms with E-state index in [2.05, 4.69) is 0 Å². The lowest BCUT2D eigenvalue weighted by molar-refractivity contribution is -0.597. The molecule has 22 heavy (non-hydrogen) atoms. The van der Waals surface area contributed by atoms with Crippen LogP contribution in [0.5, 0.6) is 0 Å². The summed E-state index contributed by atoms with van der Waals surface area (Å²) < 4.78 is 1.63. The standard InChI is InChI=1S/C18H12N2O2/c21-19-15-7-3-1-5-13(15)9-11-17(19)18-12-10-14-6-2-4-8-16(14)20(18)22/h1-12H. The van der Waals surface area contributed by atoms with E-state index in [-0.39, 0.29) is 0 Å². The molecule has 2 heterocycles. The van der Waals surface area contributed by atoms with Crippen LogP contribution in [0.25, 0.3) is 33.2 Å². The fourth-order valence-corrected chi connectivity index (χ4v) is 2.74. The zero-order valence-electron chi connectivity index (χ0n) is 11.6. The van der Waals surface area contributed by atoms with Crippen LogP contribution in [-0.2, 0) is 0 Å². The lowest BCUT2D eigenvalue weighted by atomic mass is 10.1. The second kappa shape index (κ2) is 4.70. The van der Waals surface area contributed by atoms with Gasteiger partial charge in [0, 0.05) is 35.0 Å². The van der Waals surface area contributed by atoms with Gasteiger partial charge in [0.15, 0.2) is 0 Å². The Morgan fingerprint density at radius 1 is 0.500 bits per heavy atom. The molecule has 4 rings (SSSR count). The maximum atomic E-state index is 12.6. The van der Waals surface area contributed by atoms with E-state index in [0.29, 0.717) is 22.4 Å². The van der Waals surface area contributed by atoms with E-state index < -0.39 is 0 Å². The van der Waals surface area contributed by atoms with Crippen LogP contribution in [-0.4, -0.2) is 0 Å². The van der Waals surface area contributed by atoms with Gasteiger partial charge < -0.3 is 10.4 Å². The Balaban J connectivity index is 2.03. The number of hydrogen-bond acceptors (Lipinski definition) is 2. The van der Waals surface area contributed by atoms with Crippen molar-refractivity contribution in [2.45, 2.75) is 0 Å². The van der Waals surface area contributed by atoms with Gasteiger partial charge in [-0.25, -0.2) is 0 Å². The van der Waals surface area contributed by atoms with Crippen LogP contribution in [0.3, 0.4) is 0 Å². The van der Waals surface area contributed by atoms with Crippen LogP contribution >= 0.6 is 0 Å².